The first-order chi connectivity index (χ1) is 9.13. The lowest BCUT2D eigenvalue weighted by molar-refractivity contribution is 0.101. The summed E-state index contributed by atoms with van der Waals surface area (Å²) in [4.78, 5) is 12.2. The van der Waals surface area contributed by atoms with Crippen molar-refractivity contribution in [2.75, 3.05) is 0 Å². The molecule has 0 radical (unpaired) electrons. The maximum atomic E-state index is 12.2. The monoisotopic (exact) mass is 334 g/mol. The van der Waals surface area contributed by atoms with Crippen LogP contribution < -0.4 is 4.74 Å². The predicted molar refractivity (Wildman–Crippen MR) is 78.5 cm³/mol. The first-order valence-corrected chi connectivity index (χ1v) is 6.80. The van der Waals surface area contributed by atoms with Gasteiger partial charge in [0, 0.05) is 9.50 Å². The molecule has 0 fully saturated rings. The van der Waals surface area contributed by atoms with E-state index in [4.69, 9.17) is 16.3 Å². The van der Waals surface area contributed by atoms with Crippen molar-refractivity contribution in [2.45, 2.75) is 0 Å². The van der Waals surface area contributed by atoms with E-state index >= 15 is 0 Å². The van der Waals surface area contributed by atoms with Gasteiger partial charge in [0.2, 0.25) is 5.78 Å². The van der Waals surface area contributed by atoms with Crippen LogP contribution in [-0.2, 0) is 0 Å². The third-order valence-corrected chi connectivity index (χ3v) is 3.54. The minimum absolute atomic E-state index is 0.105. The van der Waals surface area contributed by atoms with Crippen LogP contribution in [0.4, 0.5) is 0 Å². The highest BCUT2D eigenvalue weighted by Gasteiger charge is 2.27. The van der Waals surface area contributed by atoms with Gasteiger partial charge < -0.3 is 4.74 Å². The van der Waals surface area contributed by atoms with E-state index in [0.717, 1.165) is 10.0 Å². The lowest BCUT2D eigenvalue weighted by Gasteiger charge is -1.98. The maximum absolute atomic E-state index is 12.2. The summed E-state index contributed by atoms with van der Waals surface area (Å²) in [7, 11) is 0. The van der Waals surface area contributed by atoms with Crippen LogP contribution in [0.25, 0.3) is 6.08 Å². The number of benzene rings is 2. The first kappa shape index (κ1) is 12.5. The molecule has 0 bridgehead atoms. The highest BCUT2D eigenvalue weighted by Crippen LogP contribution is 2.33. The summed E-state index contributed by atoms with van der Waals surface area (Å²) in [5.74, 6) is 0.815. The van der Waals surface area contributed by atoms with Crippen LogP contribution in [-0.4, -0.2) is 5.78 Å². The molecule has 2 aromatic carbocycles. The Balaban J connectivity index is 1.97. The lowest BCUT2D eigenvalue weighted by Crippen LogP contribution is -1.97. The van der Waals surface area contributed by atoms with E-state index in [1.54, 1.807) is 30.3 Å². The minimum Gasteiger partial charge on any atom is -0.452 e. The number of hydrogen-bond acceptors (Lipinski definition) is 2. The van der Waals surface area contributed by atoms with Gasteiger partial charge in [0.15, 0.2) is 5.76 Å². The molecule has 0 saturated heterocycles. The molecule has 0 saturated carbocycles. The molecule has 3 rings (SSSR count). The number of fused-ring (bicyclic) bond motifs is 1. The number of ketones is 1. The number of carbonyl (C=O) groups is 1. The molecule has 1 aliphatic rings. The van der Waals surface area contributed by atoms with E-state index < -0.39 is 0 Å². The third-order valence-electron chi connectivity index (χ3n) is 2.80. The summed E-state index contributed by atoms with van der Waals surface area (Å²) in [5.41, 5.74) is 1.45. The van der Waals surface area contributed by atoms with Crippen LogP contribution in [0, 0.1) is 0 Å². The molecule has 4 heteroatoms. The van der Waals surface area contributed by atoms with Crippen molar-refractivity contribution in [3.8, 4) is 5.75 Å². The summed E-state index contributed by atoms with van der Waals surface area (Å²) in [6.07, 6.45) is 1.71. The van der Waals surface area contributed by atoms with Gasteiger partial charge in [-0.1, -0.05) is 39.7 Å². The fourth-order valence-electron chi connectivity index (χ4n) is 1.87. The van der Waals surface area contributed by atoms with Crippen molar-refractivity contribution in [3.05, 3.63) is 68.8 Å². The minimum atomic E-state index is -0.105. The Morgan fingerprint density at radius 2 is 1.84 bits per heavy atom. The third kappa shape index (κ3) is 2.44. The average Bonchev–Trinajstić information content (AvgIpc) is 2.70. The van der Waals surface area contributed by atoms with Gasteiger partial charge in [-0.3, -0.25) is 4.79 Å². The summed E-state index contributed by atoms with van der Waals surface area (Å²) < 4.78 is 6.42. The molecule has 0 unspecified atom stereocenters. The van der Waals surface area contributed by atoms with Crippen molar-refractivity contribution in [1.29, 1.82) is 0 Å². The van der Waals surface area contributed by atoms with Gasteiger partial charge in [-0.15, -0.1) is 0 Å². The van der Waals surface area contributed by atoms with Gasteiger partial charge in [-0.2, -0.15) is 0 Å². The molecule has 2 aromatic rings. The number of ether oxygens (including phenoxy) is 1. The van der Waals surface area contributed by atoms with Crippen molar-refractivity contribution in [1.82, 2.24) is 0 Å². The lowest BCUT2D eigenvalue weighted by atomic mass is 10.1. The highest BCUT2D eigenvalue weighted by atomic mass is 79.9. The Kier molecular flexibility index (Phi) is 3.17. The van der Waals surface area contributed by atoms with Crippen molar-refractivity contribution in [2.24, 2.45) is 0 Å². The maximum Gasteiger partial charge on any atom is 0.232 e. The molecular formula is C15H8BrClO2. The SMILES string of the molecule is O=C1C(=Cc2ccc(Cl)cc2)Oc2ccc(Br)cc21. The van der Waals surface area contributed by atoms with Crippen molar-refractivity contribution in [3.63, 3.8) is 0 Å². The summed E-state index contributed by atoms with van der Waals surface area (Å²) in [6, 6.07) is 12.6. The number of hydrogen-bond donors (Lipinski definition) is 0. The van der Waals surface area contributed by atoms with E-state index in [1.165, 1.54) is 0 Å². The van der Waals surface area contributed by atoms with Gasteiger partial charge in [-0.25, -0.2) is 0 Å². The number of rotatable bonds is 1. The topological polar surface area (TPSA) is 26.3 Å². The Bertz CT molecular complexity index is 690. The van der Waals surface area contributed by atoms with E-state index in [1.807, 2.05) is 18.2 Å². The molecular weight excluding hydrogens is 328 g/mol. The largest absolute Gasteiger partial charge is 0.452 e. The predicted octanol–water partition coefficient (Wildman–Crippen LogP) is 4.72. The standard InChI is InChI=1S/C15H8BrClO2/c16-10-3-6-13-12(8-10)15(18)14(19-13)7-9-1-4-11(17)5-2-9/h1-8H. The molecule has 1 heterocycles. The molecule has 1 aliphatic heterocycles. The summed E-state index contributed by atoms with van der Waals surface area (Å²) in [5, 5.41) is 0.660. The number of carbonyl (C=O) groups excluding carboxylic acids is 1. The van der Waals surface area contributed by atoms with E-state index in [9.17, 15) is 4.79 Å². The molecule has 0 atom stereocenters. The molecule has 19 heavy (non-hydrogen) atoms. The quantitative estimate of drug-likeness (QED) is 0.705. The van der Waals surface area contributed by atoms with Crippen LogP contribution >= 0.6 is 27.5 Å². The molecule has 0 amide bonds. The van der Waals surface area contributed by atoms with E-state index in [-0.39, 0.29) is 5.78 Å². The molecule has 94 valence electrons. The van der Waals surface area contributed by atoms with E-state index in [0.29, 0.717) is 22.1 Å². The fourth-order valence-corrected chi connectivity index (χ4v) is 2.36. The Morgan fingerprint density at radius 3 is 2.58 bits per heavy atom. The number of Topliss-reactive ketones (excluding diaryl/α,β-unsaturated/α-hetero) is 1. The molecule has 0 aromatic heterocycles. The summed E-state index contributed by atoms with van der Waals surface area (Å²) >= 11 is 9.17. The van der Waals surface area contributed by atoms with Crippen molar-refractivity contribution < 1.29 is 9.53 Å². The second kappa shape index (κ2) is 4.83. The Labute approximate surface area is 123 Å². The van der Waals surface area contributed by atoms with Gasteiger partial charge in [0.1, 0.15) is 5.75 Å². The zero-order valence-electron chi connectivity index (χ0n) is 9.69. The Hall–Kier alpha value is -1.58. The molecule has 2 nitrogen and oxygen atoms in total. The highest BCUT2D eigenvalue weighted by molar-refractivity contribution is 9.10. The smallest absolute Gasteiger partial charge is 0.232 e. The fraction of sp³-hybridized carbons (Fsp3) is 0. The van der Waals surface area contributed by atoms with Crippen molar-refractivity contribution >= 4 is 39.4 Å². The van der Waals surface area contributed by atoms with Gasteiger partial charge >= 0.3 is 0 Å². The van der Waals surface area contributed by atoms with E-state index in [2.05, 4.69) is 15.9 Å². The van der Waals surface area contributed by atoms with Crippen LogP contribution in [0.2, 0.25) is 5.02 Å². The van der Waals surface area contributed by atoms with Gasteiger partial charge in [-0.05, 0) is 42.0 Å². The second-order valence-corrected chi connectivity index (χ2v) is 5.48. The Morgan fingerprint density at radius 1 is 1.11 bits per heavy atom. The normalized spacial score (nSPS) is 15.5. The average molecular weight is 336 g/mol. The van der Waals surface area contributed by atoms with Crippen LogP contribution in [0.15, 0.2) is 52.7 Å². The zero-order valence-corrected chi connectivity index (χ0v) is 12.0. The molecule has 0 aliphatic carbocycles. The van der Waals surface area contributed by atoms with Crippen LogP contribution in [0.1, 0.15) is 15.9 Å². The number of halogens is 2. The van der Waals surface area contributed by atoms with Crippen LogP contribution in [0.3, 0.4) is 0 Å². The molecule has 0 spiro atoms. The second-order valence-electron chi connectivity index (χ2n) is 4.13. The summed E-state index contributed by atoms with van der Waals surface area (Å²) in [6.45, 7) is 0. The number of allylic oxidation sites excluding steroid dienone is 1. The zero-order chi connectivity index (χ0) is 13.4. The molecule has 0 N–H and O–H groups in total. The first-order valence-electron chi connectivity index (χ1n) is 5.63. The van der Waals surface area contributed by atoms with Gasteiger partial charge in [0.05, 0.1) is 5.56 Å². The van der Waals surface area contributed by atoms with Crippen LogP contribution in [0.5, 0.6) is 5.75 Å². The van der Waals surface area contributed by atoms with Gasteiger partial charge in [0.25, 0.3) is 0 Å².